The molecule has 2 rings (SSSR count). The number of nitrogens with one attached hydrogen (secondary N) is 2. The topological polar surface area (TPSA) is 80.0 Å². The molecule has 0 unspecified atom stereocenters. The van der Waals surface area contributed by atoms with Crippen LogP contribution < -0.4 is 10.6 Å². The monoisotopic (exact) mass is 218 g/mol. The van der Waals surface area contributed by atoms with Gasteiger partial charge in [-0.15, -0.1) is 0 Å². The quantitative estimate of drug-likeness (QED) is 0.813. The smallest absolute Gasteiger partial charge is 0.260 e. The molecule has 82 valence electrons. The zero-order valence-electron chi connectivity index (χ0n) is 8.60. The summed E-state index contributed by atoms with van der Waals surface area (Å²) in [4.78, 5) is 15.9. The summed E-state index contributed by atoms with van der Waals surface area (Å²) < 4.78 is 4.61. The van der Waals surface area contributed by atoms with E-state index in [0.717, 1.165) is 0 Å². The third kappa shape index (κ3) is 2.00. The fourth-order valence-corrected chi connectivity index (χ4v) is 1.25. The summed E-state index contributed by atoms with van der Waals surface area (Å²) in [5, 5.41) is 9.02. The van der Waals surface area contributed by atoms with Gasteiger partial charge in [0, 0.05) is 19.3 Å². The van der Waals surface area contributed by atoms with E-state index in [-0.39, 0.29) is 5.91 Å². The Labute approximate surface area is 91.7 Å². The van der Waals surface area contributed by atoms with Gasteiger partial charge >= 0.3 is 0 Å². The van der Waals surface area contributed by atoms with E-state index in [1.807, 2.05) is 0 Å². The van der Waals surface area contributed by atoms with Crippen LogP contribution in [-0.2, 0) is 0 Å². The Hall–Kier alpha value is -2.37. The SMILES string of the molecule is CNc1ncccc1C(=O)Nc1ccon1. The molecule has 0 saturated carbocycles. The molecule has 0 aromatic carbocycles. The molecule has 2 heterocycles. The zero-order valence-corrected chi connectivity index (χ0v) is 8.60. The molecule has 0 bridgehead atoms. The van der Waals surface area contributed by atoms with Crippen molar-refractivity contribution in [1.29, 1.82) is 0 Å². The van der Waals surface area contributed by atoms with Crippen LogP contribution in [0.15, 0.2) is 35.2 Å². The molecule has 2 aromatic rings. The fourth-order valence-electron chi connectivity index (χ4n) is 1.25. The van der Waals surface area contributed by atoms with Crippen molar-refractivity contribution >= 4 is 17.5 Å². The molecule has 2 N–H and O–H groups in total. The van der Waals surface area contributed by atoms with Crippen molar-refractivity contribution in [3.05, 3.63) is 36.2 Å². The molecule has 0 aliphatic rings. The van der Waals surface area contributed by atoms with Gasteiger partial charge in [0.25, 0.3) is 5.91 Å². The van der Waals surface area contributed by atoms with Gasteiger partial charge in [0.15, 0.2) is 5.82 Å². The Kier molecular flexibility index (Phi) is 2.81. The summed E-state index contributed by atoms with van der Waals surface area (Å²) in [5.74, 6) is 0.603. The molecule has 0 fully saturated rings. The second kappa shape index (κ2) is 4.43. The second-order valence-corrected chi connectivity index (χ2v) is 2.99. The summed E-state index contributed by atoms with van der Waals surface area (Å²) >= 11 is 0. The fraction of sp³-hybridized carbons (Fsp3) is 0.100. The van der Waals surface area contributed by atoms with Crippen LogP contribution in [0.5, 0.6) is 0 Å². The first-order valence-corrected chi connectivity index (χ1v) is 4.66. The molecule has 0 spiro atoms. The first-order chi connectivity index (χ1) is 7.81. The number of hydrogen-bond acceptors (Lipinski definition) is 5. The molecule has 2 aromatic heterocycles. The molecule has 16 heavy (non-hydrogen) atoms. The molecule has 1 amide bonds. The van der Waals surface area contributed by atoms with Crippen molar-refractivity contribution < 1.29 is 9.32 Å². The molecule has 0 aliphatic heterocycles. The molecule has 6 nitrogen and oxygen atoms in total. The molecule has 0 radical (unpaired) electrons. The van der Waals surface area contributed by atoms with Crippen molar-refractivity contribution in [3.8, 4) is 0 Å². The number of hydrogen-bond donors (Lipinski definition) is 2. The lowest BCUT2D eigenvalue weighted by Gasteiger charge is -2.06. The maximum atomic E-state index is 11.8. The van der Waals surface area contributed by atoms with Crippen molar-refractivity contribution in [1.82, 2.24) is 10.1 Å². The van der Waals surface area contributed by atoms with E-state index < -0.39 is 0 Å². The van der Waals surface area contributed by atoms with Crippen LogP contribution in [0.3, 0.4) is 0 Å². The van der Waals surface area contributed by atoms with E-state index in [9.17, 15) is 4.79 Å². The Morgan fingerprint density at radius 3 is 3.00 bits per heavy atom. The van der Waals surface area contributed by atoms with Crippen molar-refractivity contribution in [2.45, 2.75) is 0 Å². The van der Waals surface area contributed by atoms with Gasteiger partial charge in [-0.2, -0.15) is 0 Å². The summed E-state index contributed by atoms with van der Waals surface area (Å²) in [6, 6.07) is 4.93. The third-order valence-corrected chi connectivity index (χ3v) is 1.97. The first kappa shape index (κ1) is 10.2. The number of carbonyl (C=O) groups is 1. The highest BCUT2D eigenvalue weighted by molar-refractivity contribution is 6.06. The molecule has 6 heteroatoms. The highest BCUT2D eigenvalue weighted by atomic mass is 16.5. The van der Waals surface area contributed by atoms with Crippen molar-refractivity contribution in [2.75, 3.05) is 17.7 Å². The second-order valence-electron chi connectivity index (χ2n) is 2.99. The zero-order chi connectivity index (χ0) is 11.4. The van der Waals surface area contributed by atoms with E-state index in [4.69, 9.17) is 0 Å². The Morgan fingerprint density at radius 2 is 2.31 bits per heavy atom. The number of anilines is 2. The van der Waals surface area contributed by atoms with Crippen LogP contribution in [0, 0.1) is 0 Å². The normalized spacial score (nSPS) is 9.81. The summed E-state index contributed by atoms with van der Waals surface area (Å²) in [6.45, 7) is 0. The average Bonchev–Trinajstić information content (AvgIpc) is 2.81. The number of amides is 1. The predicted molar refractivity (Wildman–Crippen MR) is 58.2 cm³/mol. The van der Waals surface area contributed by atoms with Crippen LogP contribution in [0.1, 0.15) is 10.4 Å². The Balaban J connectivity index is 2.21. The first-order valence-electron chi connectivity index (χ1n) is 4.66. The van der Waals surface area contributed by atoms with E-state index >= 15 is 0 Å². The summed E-state index contributed by atoms with van der Waals surface area (Å²) in [6.07, 6.45) is 3.00. The maximum Gasteiger partial charge on any atom is 0.260 e. The van der Waals surface area contributed by atoms with Gasteiger partial charge in [0.05, 0.1) is 5.56 Å². The molecular weight excluding hydrogens is 208 g/mol. The van der Waals surface area contributed by atoms with Crippen LogP contribution in [-0.4, -0.2) is 23.1 Å². The van der Waals surface area contributed by atoms with E-state index in [2.05, 4.69) is 25.3 Å². The predicted octanol–water partition coefficient (Wildman–Crippen LogP) is 1.36. The molecule has 0 aliphatic carbocycles. The van der Waals surface area contributed by atoms with Crippen LogP contribution >= 0.6 is 0 Å². The average molecular weight is 218 g/mol. The minimum Gasteiger partial charge on any atom is -0.372 e. The van der Waals surface area contributed by atoms with Crippen molar-refractivity contribution in [2.24, 2.45) is 0 Å². The molecule has 0 atom stereocenters. The van der Waals surface area contributed by atoms with Gasteiger partial charge in [-0.1, -0.05) is 5.16 Å². The lowest BCUT2D eigenvalue weighted by Crippen LogP contribution is -2.14. The van der Waals surface area contributed by atoms with E-state index in [0.29, 0.717) is 17.2 Å². The van der Waals surface area contributed by atoms with Gasteiger partial charge in [0.1, 0.15) is 12.1 Å². The van der Waals surface area contributed by atoms with E-state index in [1.54, 1.807) is 31.4 Å². The minimum absolute atomic E-state index is 0.286. The van der Waals surface area contributed by atoms with Crippen molar-refractivity contribution in [3.63, 3.8) is 0 Å². The van der Waals surface area contributed by atoms with Gasteiger partial charge < -0.3 is 15.2 Å². The van der Waals surface area contributed by atoms with Crippen LogP contribution in [0.4, 0.5) is 11.6 Å². The lowest BCUT2D eigenvalue weighted by molar-refractivity contribution is 0.102. The number of carbonyl (C=O) groups excluding carboxylic acids is 1. The summed E-state index contributed by atoms with van der Waals surface area (Å²) in [5.41, 5.74) is 0.452. The van der Waals surface area contributed by atoms with Crippen LogP contribution in [0.2, 0.25) is 0 Å². The lowest BCUT2D eigenvalue weighted by atomic mass is 10.2. The van der Waals surface area contributed by atoms with Crippen LogP contribution in [0.25, 0.3) is 0 Å². The maximum absolute atomic E-state index is 11.8. The van der Waals surface area contributed by atoms with E-state index in [1.165, 1.54) is 6.26 Å². The van der Waals surface area contributed by atoms with Gasteiger partial charge in [0.2, 0.25) is 0 Å². The van der Waals surface area contributed by atoms with Gasteiger partial charge in [-0.05, 0) is 12.1 Å². The van der Waals surface area contributed by atoms with Gasteiger partial charge in [-0.3, -0.25) is 4.79 Å². The number of nitrogens with zero attached hydrogens (tertiary/aromatic N) is 2. The highest BCUT2D eigenvalue weighted by Crippen LogP contribution is 2.12. The number of aromatic nitrogens is 2. The third-order valence-electron chi connectivity index (χ3n) is 1.97. The largest absolute Gasteiger partial charge is 0.372 e. The minimum atomic E-state index is -0.286. The molecular formula is C10H10N4O2. The van der Waals surface area contributed by atoms with Gasteiger partial charge in [-0.25, -0.2) is 4.98 Å². The summed E-state index contributed by atoms with van der Waals surface area (Å²) in [7, 11) is 1.70. The number of pyridine rings is 1. The standard InChI is InChI=1S/C10H10N4O2/c1-11-9-7(3-2-5-12-9)10(15)13-8-4-6-16-14-8/h2-6H,1H3,(H,11,12)(H,13,14,15). The highest BCUT2D eigenvalue weighted by Gasteiger charge is 2.12. The number of rotatable bonds is 3. The molecule has 0 saturated heterocycles. The Bertz CT molecular complexity index is 481. The Morgan fingerprint density at radius 1 is 1.44 bits per heavy atom.